The van der Waals surface area contributed by atoms with Crippen molar-refractivity contribution in [3.63, 3.8) is 0 Å². The molecule has 2 aromatic heterocycles. The Morgan fingerprint density at radius 2 is 1.70 bits per heavy atom. The average Bonchev–Trinajstić information content (AvgIpc) is 3.45. The summed E-state index contributed by atoms with van der Waals surface area (Å²) in [6.07, 6.45) is 6.10. The summed E-state index contributed by atoms with van der Waals surface area (Å²) in [5.41, 5.74) is 8.23. The van der Waals surface area contributed by atoms with E-state index in [1.165, 1.54) is 33.6 Å². The predicted molar refractivity (Wildman–Crippen MR) is 152 cm³/mol. The molecule has 5 heteroatoms. The van der Waals surface area contributed by atoms with Gasteiger partial charge in [0.15, 0.2) is 4.80 Å². The Morgan fingerprint density at radius 1 is 0.946 bits per heavy atom. The Morgan fingerprint density at radius 3 is 2.54 bits per heavy atom. The Balaban J connectivity index is 1.49. The standard InChI is InChI=1S/C32H27N3OS/c1-20(2)34-19-23(24-13-8-9-15-27(24)34)18-28-31(36)35-30(22-11-4-3-5-12-22)26-17-16-21-10-6-7-14-25(21)29(26)33-32(35)37-28/h3-15,18-20,30H,16-17H2,1-2H3/b28-18+/t30-/m0/s1. The zero-order valence-electron chi connectivity index (χ0n) is 20.9. The van der Waals surface area contributed by atoms with E-state index < -0.39 is 0 Å². The van der Waals surface area contributed by atoms with Crippen molar-refractivity contribution in [2.24, 2.45) is 4.99 Å². The number of fused-ring (bicyclic) bond motifs is 4. The first kappa shape index (κ1) is 22.3. The molecular weight excluding hydrogens is 474 g/mol. The molecule has 0 amide bonds. The van der Waals surface area contributed by atoms with Crippen molar-refractivity contribution in [1.82, 2.24) is 9.13 Å². The number of hydrogen-bond donors (Lipinski definition) is 0. The molecule has 0 saturated heterocycles. The van der Waals surface area contributed by atoms with Gasteiger partial charge in [-0.3, -0.25) is 9.36 Å². The average molecular weight is 502 g/mol. The minimum atomic E-state index is -0.139. The molecule has 37 heavy (non-hydrogen) atoms. The van der Waals surface area contributed by atoms with Gasteiger partial charge in [0.05, 0.1) is 16.3 Å². The summed E-state index contributed by atoms with van der Waals surface area (Å²) in [5.74, 6) is 0. The van der Waals surface area contributed by atoms with Gasteiger partial charge in [0.25, 0.3) is 5.56 Å². The molecule has 5 aromatic rings. The van der Waals surface area contributed by atoms with Gasteiger partial charge in [0.1, 0.15) is 0 Å². The van der Waals surface area contributed by atoms with Crippen LogP contribution in [0.3, 0.4) is 0 Å². The molecule has 2 aliphatic rings. The molecular formula is C32H27N3OS. The zero-order chi connectivity index (χ0) is 25.1. The van der Waals surface area contributed by atoms with Gasteiger partial charge in [0.2, 0.25) is 0 Å². The molecule has 3 heterocycles. The van der Waals surface area contributed by atoms with Crippen molar-refractivity contribution in [2.75, 3.05) is 0 Å². The van der Waals surface area contributed by atoms with Gasteiger partial charge in [-0.2, -0.15) is 0 Å². The molecule has 0 bridgehead atoms. The summed E-state index contributed by atoms with van der Waals surface area (Å²) in [4.78, 5) is 20.0. The molecule has 0 fully saturated rings. The third-order valence-electron chi connectivity index (χ3n) is 7.60. The minimum Gasteiger partial charge on any atom is -0.344 e. The maximum absolute atomic E-state index is 14.1. The van der Waals surface area contributed by atoms with Gasteiger partial charge in [-0.05, 0) is 55.5 Å². The molecule has 1 aliphatic heterocycles. The SMILES string of the molecule is CC(C)n1cc(/C=c2/sc3n(c2=O)[C@@H](c2ccccc2)C2=C(N=3)c3ccccc3CC2)c2ccccc21. The smallest absolute Gasteiger partial charge is 0.271 e. The van der Waals surface area contributed by atoms with E-state index in [4.69, 9.17) is 4.99 Å². The fourth-order valence-electron chi connectivity index (χ4n) is 5.87. The van der Waals surface area contributed by atoms with Crippen LogP contribution in [0.25, 0.3) is 22.7 Å². The molecule has 4 nitrogen and oxygen atoms in total. The highest BCUT2D eigenvalue weighted by Gasteiger charge is 2.32. The number of aryl methyl sites for hydroxylation is 1. The number of thiazole rings is 1. The van der Waals surface area contributed by atoms with Crippen molar-refractivity contribution in [3.8, 4) is 0 Å². The fraction of sp³-hybridized carbons (Fsp3) is 0.188. The summed E-state index contributed by atoms with van der Waals surface area (Å²) < 4.78 is 4.93. The van der Waals surface area contributed by atoms with Crippen LogP contribution in [0, 0.1) is 0 Å². The van der Waals surface area contributed by atoms with Crippen LogP contribution < -0.4 is 14.9 Å². The number of para-hydroxylation sites is 1. The van der Waals surface area contributed by atoms with Crippen LogP contribution in [-0.4, -0.2) is 9.13 Å². The number of aromatic nitrogens is 2. The van der Waals surface area contributed by atoms with Gasteiger partial charge in [0, 0.05) is 34.3 Å². The molecule has 0 N–H and O–H groups in total. The van der Waals surface area contributed by atoms with Crippen LogP contribution in [0.5, 0.6) is 0 Å². The largest absolute Gasteiger partial charge is 0.344 e. The zero-order valence-corrected chi connectivity index (χ0v) is 21.7. The number of allylic oxidation sites excluding steroid dienone is 1. The summed E-state index contributed by atoms with van der Waals surface area (Å²) >= 11 is 1.50. The summed E-state index contributed by atoms with van der Waals surface area (Å²) in [6, 6.07) is 27.6. The molecule has 1 atom stereocenters. The lowest BCUT2D eigenvalue weighted by Gasteiger charge is -2.30. The van der Waals surface area contributed by atoms with Crippen LogP contribution >= 0.6 is 11.3 Å². The van der Waals surface area contributed by atoms with E-state index in [0.29, 0.717) is 6.04 Å². The molecule has 0 spiro atoms. The molecule has 182 valence electrons. The van der Waals surface area contributed by atoms with E-state index in [0.717, 1.165) is 44.4 Å². The highest BCUT2D eigenvalue weighted by molar-refractivity contribution is 7.07. The lowest BCUT2D eigenvalue weighted by atomic mass is 9.83. The third-order valence-corrected chi connectivity index (χ3v) is 8.59. The van der Waals surface area contributed by atoms with E-state index >= 15 is 0 Å². The van der Waals surface area contributed by atoms with Crippen LogP contribution in [-0.2, 0) is 6.42 Å². The van der Waals surface area contributed by atoms with Gasteiger partial charge in [-0.25, -0.2) is 4.99 Å². The normalized spacial score (nSPS) is 17.1. The van der Waals surface area contributed by atoms with E-state index in [-0.39, 0.29) is 11.6 Å². The van der Waals surface area contributed by atoms with Gasteiger partial charge in [-0.1, -0.05) is 84.1 Å². The van der Waals surface area contributed by atoms with Crippen LogP contribution in [0.15, 0.2) is 100 Å². The quantitative estimate of drug-likeness (QED) is 0.305. The third kappa shape index (κ3) is 3.49. The topological polar surface area (TPSA) is 39.3 Å². The van der Waals surface area contributed by atoms with Crippen molar-refractivity contribution in [3.05, 3.63) is 133 Å². The van der Waals surface area contributed by atoms with Crippen molar-refractivity contribution < 1.29 is 0 Å². The first-order valence-electron chi connectivity index (χ1n) is 12.9. The van der Waals surface area contributed by atoms with Gasteiger partial charge < -0.3 is 4.57 Å². The lowest BCUT2D eigenvalue weighted by Crippen LogP contribution is -2.38. The minimum absolute atomic E-state index is 0.0318. The van der Waals surface area contributed by atoms with E-state index in [2.05, 4.69) is 103 Å². The van der Waals surface area contributed by atoms with Crippen LogP contribution in [0.1, 0.15) is 54.6 Å². The molecule has 7 rings (SSSR count). The molecule has 0 unspecified atom stereocenters. The Hall–Kier alpha value is -3.96. The van der Waals surface area contributed by atoms with E-state index in [9.17, 15) is 4.79 Å². The Labute approximate surface area is 219 Å². The number of rotatable bonds is 3. The fourth-order valence-corrected chi connectivity index (χ4v) is 6.86. The first-order chi connectivity index (χ1) is 18.1. The number of nitrogens with zero attached hydrogens (tertiary/aromatic N) is 3. The number of benzene rings is 3. The molecule has 1 aliphatic carbocycles. The van der Waals surface area contributed by atoms with Gasteiger partial charge >= 0.3 is 0 Å². The molecule has 0 radical (unpaired) electrons. The second-order valence-corrected chi connectivity index (χ2v) is 11.1. The van der Waals surface area contributed by atoms with Crippen molar-refractivity contribution in [2.45, 2.75) is 38.8 Å². The second kappa shape index (κ2) is 8.56. The van der Waals surface area contributed by atoms with Crippen LogP contribution in [0.4, 0.5) is 0 Å². The second-order valence-electron chi connectivity index (χ2n) is 10.1. The maximum atomic E-state index is 14.1. The van der Waals surface area contributed by atoms with Gasteiger partial charge in [-0.15, -0.1) is 0 Å². The van der Waals surface area contributed by atoms with E-state index in [1.807, 2.05) is 10.6 Å². The first-order valence-corrected chi connectivity index (χ1v) is 13.7. The highest BCUT2D eigenvalue weighted by Crippen LogP contribution is 2.41. The van der Waals surface area contributed by atoms with Crippen molar-refractivity contribution in [1.29, 1.82) is 0 Å². The Bertz CT molecular complexity index is 1890. The Kier molecular flexibility index (Phi) is 5.15. The maximum Gasteiger partial charge on any atom is 0.271 e. The lowest BCUT2D eigenvalue weighted by molar-refractivity contribution is 0.585. The number of hydrogen-bond acceptors (Lipinski definition) is 3. The molecule has 0 saturated carbocycles. The monoisotopic (exact) mass is 501 g/mol. The van der Waals surface area contributed by atoms with E-state index in [1.54, 1.807) is 0 Å². The summed E-state index contributed by atoms with van der Waals surface area (Å²) in [5, 5.41) is 1.16. The van der Waals surface area contributed by atoms with Crippen molar-refractivity contribution >= 4 is 34.0 Å². The predicted octanol–water partition coefficient (Wildman–Crippen LogP) is 5.85. The summed E-state index contributed by atoms with van der Waals surface area (Å²) in [7, 11) is 0. The highest BCUT2D eigenvalue weighted by atomic mass is 32.1. The summed E-state index contributed by atoms with van der Waals surface area (Å²) in [6.45, 7) is 4.37. The molecule has 3 aromatic carbocycles. The van der Waals surface area contributed by atoms with Crippen LogP contribution in [0.2, 0.25) is 0 Å².